The second-order valence-corrected chi connectivity index (χ2v) is 11.6. The molecule has 5 rings (SSSR count). The number of aromatic nitrogens is 2. The average molecular weight is 482 g/mol. The van der Waals surface area contributed by atoms with Crippen molar-refractivity contribution in [2.24, 2.45) is 5.41 Å². The zero-order chi connectivity index (χ0) is 24.1. The summed E-state index contributed by atoms with van der Waals surface area (Å²) in [5, 5.41) is 4.68. The fourth-order valence-corrected chi connectivity index (χ4v) is 4.84. The number of fused-ring (bicyclic) bond motifs is 1. The van der Waals surface area contributed by atoms with Crippen LogP contribution in [-0.2, 0) is 27.7 Å². The highest BCUT2D eigenvalue weighted by Crippen LogP contribution is 2.32. The number of amides is 1. The van der Waals surface area contributed by atoms with Crippen LogP contribution in [0, 0.1) is 12.3 Å². The van der Waals surface area contributed by atoms with Crippen molar-refractivity contribution < 1.29 is 22.7 Å². The molecule has 178 valence electrons. The molecule has 0 atom stereocenters. The lowest BCUT2D eigenvalue weighted by Gasteiger charge is -2.37. The Morgan fingerprint density at radius 1 is 1.18 bits per heavy atom. The smallest absolute Gasteiger partial charge is 0.258 e. The highest BCUT2D eigenvalue weighted by atomic mass is 32.2. The van der Waals surface area contributed by atoms with Crippen LogP contribution in [0.3, 0.4) is 0 Å². The average Bonchev–Trinajstić information content (AvgIpc) is 3.35. The largest absolute Gasteiger partial charge is 0.492 e. The number of benzene rings is 2. The van der Waals surface area contributed by atoms with Crippen LogP contribution in [0.25, 0.3) is 5.69 Å². The third kappa shape index (κ3) is 4.33. The van der Waals surface area contributed by atoms with E-state index in [2.05, 4.69) is 18.1 Å². The summed E-state index contributed by atoms with van der Waals surface area (Å²) < 4.78 is 37.4. The molecule has 3 heterocycles. The second-order valence-electron chi connectivity index (χ2n) is 9.57. The molecule has 34 heavy (non-hydrogen) atoms. The monoisotopic (exact) mass is 481 g/mol. The van der Waals surface area contributed by atoms with Gasteiger partial charge in [-0.25, -0.2) is 13.1 Å². The molecule has 0 saturated carbocycles. The van der Waals surface area contributed by atoms with Gasteiger partial charge in [0.05, 0.1) is 48.2 Å². The van der Waals surface area contributed by atoms with Gasteiger partial charge in [-0.2, -0.15) is 5.10 Å². The SMILES string of the molecule is Cc1cccc(-n2cc3c(n2)CN(C(=O)c2cc(S(C)(=O)=O)ccc2OCC2(C)COC2)C3)c1. The van der Waals surface area contributed by atoms with Crippen molar-refractivity contribution in [2.75, 3.05) is 26.1 Å². The number of hydrogen-bond acceptors (Lipinski definition) is 6. The molecule has 1 fully saturated rings. The summed E-state index contributed by atoms with van der Waals surface area (Å²) in [6.45, 7) is 6.40. The highest BCUT2D eigenvalue weighted by molar-refractivity contribution is 7.90. The van der Waals surface area contributed by atoms with Gasteiger partial charge in [-0.15, -0.1) is 0 Å². The van der Waals surface area contributed by atoms with Crippen LogP contribution in [-0.4, -0.2) is 55.1 Å². The summed E-state index contributed by atoms with van der Waals surface area (Å²) in [6, 6.07) is 12.5. The Kier molecular flexibility index (Phi) is 5.49. The van der Waals surface area contributed by atoms with Gasteiger partial charge in [-0.3, -0.25) is 4.79 Å². The first-order valence-corrected chi connectivity index (χ1v) is 13.0. The van der Waals surface area contributed by atoms with E-state index < -0.39 is 9.84 Å². The van der Waals surface area contributed by atoms with E-state index in [1.807, 2.05) is 36.0 Å². The predicted molar refractivity (Wildman–Crippen MR) is 126 cm³/mol. The van der Waals surface area contributed by atoms with Crippen LogP contribution in [0.1, 0.15) is 34.1 Å². The molecule has 2 aliphatic heterocycles. The zero-order valence-electron chi connectivity index (χ0n) is 19.4. The summed E-state index contributed by atoms with van der Waals surface area (Å²) >= 11 is 0. The molecule has 0 spiro atoms. The molecule has 8 nitrogen and oxygen atoms in total. The Balaban J connectivity index is 1.39. The van der Waals surface area contributed by atoms with Gasteiger partial charge >= 0.3 is 0 Å². The molecule has 0 aliphatic carbocycles. The number of aryl methyl sites for hydroxylation is 1. The van der Waals surface area contributed by atoms with Crippen molar-refractivity contribution in [3.05, 3.63) is 71.0 Å². The molecule has 3 aromatic rings. The van der Waals surface area contributed by atoms with Crippen LogP contribution in [0.15, 0.2) is 53.6 Å². The van der Waals surface area contributed by atoms with Gasteiger partial charge in [0.2, 0.25) is 0 Å². The lowest BCUT2D eigenvalue weighted by atomic mass is 9.90. The molecule has 2 aromatic carbocycles. The van der Waals surface area contributed by atoms with Crippen LogP contribution >= 0.6 is 0 Å². The van der Waals surface area contributed by atoms with Crippen molar-refractivity contribution in [3.63, 3.8) is 0 Å². The fraction of sp³-hybridized carbons (Fsp3) is 0.360. The maximum absolute atomic E-state index is 13.5. The van der Waals surface area contributed by atoms with E-state index in [-0.39, 0.29) is 21.8 Å². The van der Waals surface area contributed by atoms with E-state index in [1.54, 1.807) is 11.0 Å². The molecule has 0 radical (unpaired) electrons. The highest BCUT2D eigenvalue weighted by Gasteiger charge is 2.35. The molecule has 2 aliphatic rings. The minimum absolute atomic E-state index is 0.0861. The molecular weight excluding hydrogens is 454 g/mol. The quantitative estimate of drug-likeness (QED) is 0.537. The number of rotatable bonds is 6. The zero-order valence-corrected chi connectivity index (χ0v) is 20.3. The van der Waals surface area contributed by atoms with Gasteiger partial charge in [0.25, 0.3) is 5.91 Å². The van der Waals surface area contributed by atoms with E-state index in [0.717, 1.165) is 28.8 Å². The number of nitrogens with zero attached hydrogens (tertiary/aromatic N) is 3. The van der Waals surface area contributed by atoms with E-state index in [0.29, 0.717) is 38.7 Å². The first-order valence-electron chi connectivity index (χ1n) is 11.1. The Hall–Kier alpha value is -3.17. The third-order valence-electron chi connectivity index (χ3n) is 6.22. The fourth-order valence-electron chi connectivity index (χ4n) is 4.19. The Morgan fingerprint density at radius 3 is 2.62 bits per heavy atom. The summed E-state index contributed by atoms with van der Waals surface area (Å²) in [7, 11) is -3.48. The van der Waals surface area contributed by atoms with Gasteiger partial charge in [0, 0.05) is 30.0 Å². The number of hydrogen-bond donors (Lipinski definition) is 0. The lowest BCUT2D eigenvalue weighted by molar-refractivity contribution is -0.120. The van der Waals surface area contributed by atoms with Gasteiger partial charge in [-0.1, -0.05) is 19.1 Å². The summed E-state index contributed by atoms with van der Waals surface area (Å²) in [5.74, 6) is 0.0931. The maximum atomic E-state index is 13.5. The second kappa shape index (κ2) is 8.25. The lowest BCUT2D eigenvalue weighted by Crippen LogP contribution is -2.44. The molecule has 1 aromatic heterocycles. The van der Waals surface area contributed by atoms with Crippen LogP contribution in [0.5, 0.6) is 5.75 Å². The Morgan fingerprint density at radius 2 is 1.97 bits per heavy atom. The molecule has 0 N–H and O–H groups in total. The first-order chi connectivity index (χ1) is 16.1. The van der Waals surface area contributed by atoms with E-state index >= 15 is 0 Å². The standard InChI is InChI=1S/C25H27N3O5S/c1-17-5-4-6-19(9-17)28-12-18-11-27(13-22(18)26-28)24(29)21-10-20(34(3,30)31)7-8-23(21)33-16-25(2)14-32-15-25/h4-10,12H,11,13-16H2,1-3H3. The predicted octanol–water partition coefficient (Wildman–Crippen LogP) is 3.16. The van der Waals surface area contributed by atoms with E-state index in [9.17, 15) is 13.2 Å². The Labute approximate surface area is 199 Å². The van der Waals surface area contributed by atoms with Crippen molar-refractivity contribution in [1.29, 1.82) is 0 Å². The van der Waals surface area contributed by atoms with Gasteiger partial charge in [-0.05, 0) is 42.8 Å². The van der Waals surface area contributed by atoms with Crippen LogP contribution in [0.2, 0.25) is 0 Å². The van der Waals surface area contributed by atoms with E-state index in [1.165, 1.54) is 12.1 Å². The van der Waals surface area contributed by atoms with Crippen molar-refractivity contribution in [3.8, 4) is 11.4 Å². The van der Waals surface area contributed by atoms with Crippen molar-refractivity contribution >= 4 is 15.7 Å². The molecule has 0 unspecified atom stereocenters. The normalized spacial score (nSPS) is 16.7. The van der Waals surface area contributed by atoms with Gasteiger partial charge in [0.15, 0.2) is 9.84 Å². The molecule has 1 saturated heterocycles. The van der Waals surface area contributed by atoms with Crippen molar-refractivity contribution in [1.82, 2.24) is 14.7 Å². The van der Waals surface area contributed by atoms with Crippen molar-refractivity contribution in [2.45, 2.75) is 31.8 Å². The summed E-state index contributed by atoms with van der Waals surface area (Å²) in [4.78, 5) is 15.3. The van der Waals surface area contributed by atoms with E-state index in [4.69, 9.17) is 9.47 Å². The molecular formula is C25H27N3O5S. The number of sulfone groups is 1. The first kappa shape index (κ1) is 22.6. The number of ether oxygens (including phenoxy) is 2. The Bertz CT molecular complexity index is 1350. The molecule has 1 amide bonds. The molecule has 0 bridgehead atoms. The number of carbonyl (C=O) groups is 1. The summed E-state index contributed by atoms with van der Waals surface area (Å²) in [5.41, 5.74) is 4.04. The minimum atomic E-state index is -3.48. The minimum Gasteiger partial charge on any atom is -0.492 e. The summed E-state index contributed by atoms with van der Waals surface area (Å²) in [6.07, 6.45) is 3.07. The van der Waals surface area contributed by atoms with Crippen LogP contribution in [0.4, 0.5) is 0 Å². The van der Waals surface area contributed by atoms with Gasteiger partial charge in [0.1, 0.15) is 5.75 Å². The van der Waals surface area contributed by atoms with Crippen LogP contribution < -0.4 is 4.74 Å². The maximum Gasteiger partial charge on any atom is 0.258 e. The third-order valence-corrected chi connectivity index (χ3v) is 7.33. The number of carbonyl (C=O) groups excluding carboxylic acids is 1. The molecule has 9 heteroatoms. The topological polar surface area (TPSA) is 90.7 Å². The van der Waals surface area contributed by atoms with Gasteiger partial charge < -0.3 is 14.4 Å².